The highest BCUT2D eigenvalue weighted by Gasteiger charge is 2.15. The zero-order valence-corrected chi connectivity index (χ0v) is 7.86. The summed E-state index contributed by atoms with van der Waals surface area (Å²) >= 11 is 0. The Hall–Kier alpha value is -1.79. The monoisotopic (exact) mass is 189 g/mol. The van der Waals surface area contributed by atoms with Crippen molar-refractivity contribution in [3.63, 3.8) is 0 Å². The van der Waals surface area contributed by atoms with Crippen LogP contribution in [-0.4, -0.2) is 13.1 Å². The van der Waals surface area contributed by atoms with Gasteiger partial charge in [-0.2, -0.15) is 0 Å². The van der Waals surface area contributed by atoms with Crippen LogP contribution in [0.1, 0.15) is 17.2 Å². The number of nitrogens with two attached hydrogens (primary N) is 1. The average Bonchev–Trinajstić information content (AvgIpc) is 2.27. The van der Waals surface area contributed by atoms with Crippen LogP contribution in [0.25, 0.3) is 0 Å². The molecular weight excluding hydrogens is 178 g/mol. The van der Waals surface area contributed by atoms with Crippen LogP contribution in [0.5, 0.6) is 0 Å². The topological polar surface area (TPSA) is 52.3 Å². The molecule has 0 radical (unpaired) electrons. The molecule has 14 heavy (non-hydrogen) atoms. The van der Waals surface area contributed by atoms with E-state index < -0.39 is 12.0 Å². The highest BCUT2D eigenvalue weighted by Crippen LogP contribution is 2.12. The van der Waals surface area contributed by atoms with Crippen molar-refractivity contribution in [1.82, 2.24) is 0 Å². The molecule has 0 amide bonds. The lowest BCUT2D eigenvalue weighted by atomic mass is 10.1. The van der Waals surface area contributed by atoms with Gasteiger partial charge in [-0.15, -0.1) is 6.42 Å². The van der Waals surface area contributed by atoms with Gasteiger partial charge in [0.25, 0.3) is 0 Å². The van der Waals surface area contributed by atoms with E-state index in [0.717, 1.165) is 5.56 Å². The lowest BCUT2D eigenvalue weighted by molar-refractivity contribution is -0.142. The first-order valence-corrected chi connectivity index (χ1v) is 4.09. The molecule has 0 saturated carbocycles. The number of carbonyl (C=O) groups is 1. The van der Waals surface area contributed by atoms with Crippen molar-refractivity contribution < 1.29 is 9.53 Å². The molecule has 0 aliphatic rings. The summed E-state index contributed by atoms with van der Waals surface area (Å²) in [6.45, 7) is 0. The predicted octanol–water partition coefficient (Wildman–Crippen LogP) is 0.841. The van der Waals surface area contributed by atoms with Crippen LogP contribution in [0.4, 0.5) is 0 Å². The third-order valence-electron chi connectivity index (χ3n) is 1.89. The van der Waals surface area contributed by atoms with Crippen LogP contribution >= 0.6 is 0 Å². The first-order chi connectivity index (χ1) is 6.69. The first-order valence-electron chi connectivity index (χ1n) is 4.09. The molecule has 0 fully saturated rings. The summed E-state index contributed by atoms with van der Waals surface area (Å²) in [5, 5.41) is 0. The number of hydrogen-bond donors (Lipinski definition) is 1. The summed E-state index contributed by atoms with van der Waals surface area (Å²) in [4.78, 5) is 11.1. The van der Waals surface area contributed by atoms with E-state index in [-0.39, 0.29) is 0 Å². The zero-order valence-electron chi connectivity index (χ0n) is 7.86. The molecule has 3 heteroatoms. The van der Waals surface area contributed by atoms with Crippen LogP contribution < -0.4 is 5.73 Å². The second kappa shape index (κ2) is 4.45. The van der Waals surface area contributed by atoms with Gasteiger partial charge in [-0.3, -0.25) is 4.79 Å². The Morgan fingerprint density at radius 1 is 1.50 bits per heavy atom. The summed E-state index contributed by atoms with van der Waals surface area (Å²) in [7, 11) is 1.30. The zero-order chi connectivity index (χ0) is 10.6. The van der Waals surface area contributed by atoms with Crippen LogP contribution in [0.3, 0.4) is 0 Å². The molecule has 1 unspecified atom stereocenters. The summed E-state index contributed by atoms with van der Waals surface area (Å²) in [5.74, 6) is 2.02. The minimum absolute atomic E-state index is 0.460. The number of ether oxygens (including phenoxy) is 1. The molecule has 1 aromatic rings. The van der Waals surface area contributed by atoms with E-state index >= 15 is 0 Å². The van der Waals surface area contributed by atoms with Gasteiger partial charge in [-0.25, -0.2) is 0 Å². The average molecular weight is 189 g/mol. The predicted molar refractivity (Wildman–Crippen MR) is 53.3 cm³/mol. The van der Waals surface area contributed by atoms with Gasteiger partial charge in [0.05, 0.1) is 7.11 Å². The molecule has 1 atom stereocenters. The van der Waals surface area contributed by atoms with Gasteiger partial charge in [0.2, 0.25) is 0 Å². The maximum atomic E-state index is 11.1. The Morgan fingerprint density at radius 2 is 2.07 bits per heavy atom. The minimum atomic E-state index is -0.744. The molecule has 0 heterocycles. The smallest absolute Gasteiger partial charge is 0.327 e. The number of terminal acetylenes is 1. The third-order valence-corrected chi connectivity index (χ3v) is 1.89. The van der Waals surface area contributed by atoms with Gasteiger partial charge >= 0.3 is 5.97 Å². The van der Waals surface area contributed by atoms with Gasteiger partial charge < -0.3 is 10.5 Å². The minimum Gasteiger partial charge on any atom is -0.468 e. The van der Waals surface area contributed by atoms with Crippen molar-refractivity contribution in [1.29, 1.82) is 0 Å². The molecular formula is C11H11NO2. The van der Waals surface area contributed by atoms with E-state index in [1.807, 2.05) is 0 Å². The third kappa shape index (κ3) is 2.12. The number of hydrogen-bond acceptors (Lipinski definition) is 3. The fourth-order valence-electron chi connectivity index (χ4n) is 1.05. The molecule has 0 aromatic heterocycles. The summed E-state index contributed by atoms with van der Waals surface area (Å²) < 4.78 is 4.52. The van der Waals surface area contributed by atoms with Gasteiger partial charge in [0, 0.05) is 5.56 Å². The van der Waals surface area contributed by atoms with E-state index in [4.69, 9.17) is 12.2 Å². The van der Waals surface area contributed by atoms with Crippen molar-refractivity contribution in [2.75, 3.05) is 7.11 Å². The molecule has 0 saturated heterocycles. The van der Waals surface area contributed by atoms with Gasteiger partial charge in [0.1, 0.15) is 6.04 Å². The van der Waals surface area contributed by atoms with Gasteiger partial charge in [-0.1, -0.05) is 18.1 Å². The Morgan fingerprint density at radius 3 is 2.50 bits per heavy atom. The molecule has 2 N–H and O–H groups in total. The van der Waals surface area contributed by atoms with E-state index in [1.54, 1.807) is 24.3 Å². The Bertz CT molecular complexity index is 362. The molecule has 1 rings (SSSR count). The Balaban J connectivity index is 2.88. The standard InChI is InChI=1S/C11H11NO2/c1-3-8-4-6-9(7-5-8)10(12)11(13)14-2/h1,4-7,10H,12H2,2H3. The number of esters is 1. The largest absolute Gasteiger partial charge is 0.468 e. The Kier molecular flexibility index (Phi) is 3.27. The summed E-state index contributed by atoms with van der Waals surface area (Å²) in [6, 6.07) is 6.16. The number of carbonyl (C=O) groups excluding carboxylic acids is 1. The molecule has 0 aliphatic heterocycles. The fraction of sp³-hybridized carbons (Fsp3) is 0.182. The number of benzene rings is 1. The fourth-order valence-corrected chi connectivity index (χ4v) is 1.05. The van der Waals surface area contributed by atoms with Crippen molar-refractivity contribution in [3.05, 3.63) is 35.4 Å². The maximum absolute atomic E-state index is 11.1. The Labute approximate surface area is 82.9 Å². The van der Waals surface area contributed by atoms with Crippen molar-refractivity contribution >= 4 is 5.97 Å². The lowest BCUT2D eigenvalue weighted by Gasteiger charge is -2.08. The van der Waals surface area contributed by atoms with E-state index in [2.05, 4.69) is 10.7 Å². The van der Waals surface area contributed by atoms with Crippen LogP contribution in [-0.2, 0) is 9.53 Å². The van der Waals surface area contributed by atoms with Gasteiger partial charge in [0.15, 0.2) is 0 Å². The molecule has 0 bridgehead atoms. The van der Waals surface area contributed by atoms with E-state index in [0.29, 0.717) is 5.56 Å². The molecule has 3 nitrogen and oxygen atoms in total. The van der Waals surface area contributed by atoms with Crippen molar-refractivity contribution in [3.8, 4) is 12.3 Å². The van der Waals surface area contributed by atoms with Crippen LogP contribution in [0, 0.1) is 12.3 Å². The highest BCUT2D eigenvalue weighted by atomic mass is 16.5. The molecule has 0 spiro atoms. The summed E-state index contributed by atoms with van der Waals surface area (Å²) in [6.07, 6.45) is 5.19. The first kappa shape index (κ1) is 10.3. The number of methoxy groups -OCH3 is 1. The SMILES string of the molecule is C#Cc1ccc(C(N)C(=O)OC)cc1. The van der Waals surface area contributed by atoms with Crippen molar-refractivity contribution in [2.45, 2.75) is 6.04 Å². The van der Waals surface area contributed by atoms with Gasteiger partial charge in [-0.05, 0) is 17.7 Å². The molecule has 1 aromatic carbocycles. The van der Waals surface area contributed by atoms with E-state index in [1.165, 1.54) is 7.11 Å². The summed E-state index contributed by atoms with van der Waals surface area (Å²) in [5.41, 5.74) is 7.06. The van der Waals surface area contributed by atoms with E-state index in [9.17, 15) is 4.79 Å². The number of rotatable bonds is 2. The van der Waals surface area contributed by atoms with Crippen molar-refractivity contribution in [2.24, 2.45) is 5.73 Å². The molecule has 72 valence electrons. The molecule has 0 aliphatic carbocycles. The maximum Gasteiger partial charge on any atom is 0.327 e. The van der Waals surface area contributed by atoms with Crippen LogP contribution in [0.15, 0.2) is 24.3 Å². The second-order valence-corrected chi connectivity index (χ2v) is 2.77. The van der Waals surface area contributed by atoms with Crippen LogP contribution in [0.2, 0.25) is 0 Å². The highest BCUT2D eigenvalue weighted by molar-refractivity contribution is 5.77. The normalized spacial score (nSPS) is 11.5. The lowest BCUT2D eigenvalue weighted by Crippen LogP contribution is -2.22. The second-order valence-electron chi connectivity index (χ2n) is 2.77. The quantitative estimate of drug-likeness (QED) is 0.554.